The van der Waals surface area contributed by atoms with Crippen LogP contribution in [0.4, 0.5) is 0 Å². The van der Waals surface area contributed by atoms with E-state index in [0.29, 0.717) is 32.1 Å². The lowest BCUT2D eigenvalue weighted by molar-refractivity contribution is 0.262. The van der Waals surface area contributed by atoms with Gasteiger partial charge in [-0.2, -0.15) is 17.4 Å². The monoisotopic (exact) mass is 320 g/mol. The molecule has 0 amide bonds. The van der Waals surface area contributed by atoms with Crippen LogP contribution in [0.15, 0.2) is 0 Å². The molecule has 1 heterocycles. The Kier molecular flexibility index (Phi) is 7.56. The van der Waals surface area contributed by atoms with Crippen molar-refractivity contribution in [3.8, 4) is 0 Å². The summed E-state index contributed by atoms with van der Waals surface area (Å²) < 4.78 is 29.6. The van der Waals surface area contributed by atoms with Crippen LogP contribution >= 0.6 is 0 Å². The molecule has 0 aromatic carbocycles. The molecule has 0 aromatic heterocycles. The molecule has 6 nitrogen and oxygen atoms in total. The molecule has 126 valence electrons. The van der Waals surface area contributed by atoms with Crippen molar-refractivity contribution in [3.05, 3.63) is 0 Å². The minimum Gasteiger partial charge on any atom is -0.330 e. The van der Waals surface area contributed by atoms with Gasteiger partial charge in [-0.05, 0) is 51.7 Å². The highest BCUT2D eigenvalue weighted by Crippen LogP contribution is 2.18. The van der Waals surface area contributed by atoms with Crippen LogP contribution in [-0.2, 0) is 10.2 Å². The fourth-order valence-corrected chi connectivity index (χ4v) is 4.41. The first-order valence-electron chi connectivity index (χ1n) is 7.86. The summed E-state index contributed by atoms with van der Waals surface area (Å²) in [5.41, 5.74) is 5.69. The van der Waals surface area contributed by atoms with Gasteiger partial charge in [0.1, 0.15) is 0 Å². The fourth-order valence-electron chi connectivity index (χ4n) is 2.89. The Morgan fingerprint density at radius 1 is 1.38 bits per heavy atom. The first-order valence-corrected chi connectivity index (χ1v) is 9.30. The largest absolute Gasteiger partial charge is 0.330 e. The Morgan fingerprint density at radius 3 is 2.57 bits per heavy atom. The van der Waals surface area contributed by atoms with Crippen molar-refractivity contribution in [1.82, 2.24) is 13.9 Å². The molecular formula is C14H32N4O2S. The molecule has 1 aliphatic heterocycles. The predicted octanol–water partition coefficient (Wildman–Crippen LogP) is 0.468. The molecule has 0 aromatic rings. The maximum Gasteiger partial charge on any atom is 0.279 e. The summed E-state index contributed by atoms with van der Waals surface area (Å²) in [6.07, 6.45) is 2.76. The van der Waals surface area contributed by atoms with Crippen molar-refractivity contribution in [3.63, 3.8) is 0 Å². The van der Waals surface area contributed by atoms with E-state index in [9.17, 15) is 8.42 Å². The standard InChI is InChI=1S/C14H32N4O2S/c1-12(2)8-14(11-17(3)4)16-21(19,20)18-7-5-6-13(9-15)10-18/h12-14,16H,5-11,15H2,1-4H3. The lowest BCUT2D eigenvalue weighted by Gasteiger charge is -2.33. The Labute approximate surface area is 130 Å². The number of hydrogen-bond acceptors (Lipinski definition) is 4. The van der Waals surface area contributed by atoms with Crippen LogP contribution in [0.25, 0.3) is 0 Å². The molecule has 21 heavy (non-hydrogen) atoms. The third kappa shape index (κ3) is 6.61. The van der Waals surface area contributed by atoms with Gasteiger partial charge >= 0.3 is 0 Å². The molecule has 3 N–H and O–H groups in total. The van der Waals surface area contributed by atoms with Crippen molar-refractivity contribution >= 4 is 10.2 Å². The first-order chi connectivity index (χ1) is 9.74. The molecule has 2 atom stereocenters. The number of nitrogens with zero attached hydrogens (tertiary/aromatic N) is 2. The van der Waals surface area contributed by atoms with Crippen LogP contribution in [0.3, 0.4) is 0 Å². The van der Waals surface area contributed by atoms with E-state index in [1.54, 1.807) is 4.31 Å². The number of nitrogens with two attached hydrogens (primary N) is 1. The average Bonchev–Trinajstić information content (AvgIpc) is 2.36. The van der Waals surface area contributed by atoms with E-state index < -0.39 is 10.2 Å². The second kappa shape index (κ2) is 8.43. The molecule has 1 fully saturated rings. The number of likely N-dealkylation sites (N-methyl/N-ethyl adjacent to an activating group) is 1. The summed E-state index contributed by atoms with van der Waals surface area (Å²) in [6.45, 7) is 6.64. The van der Waals surface area contributed by atoms with Crippen LogP contribution < -0.4 is 10.5 Å². The molecule has 7 heteroatoms. The molecule has 1 aliphatic rings. The summed E-state index contributed by atoms with van der Waals surface area (Å²) in [6, 6.07) is -0.0525. The zero-order valence-electron chi connectivity index (χ0n) is 13.9. The predicted molar refractivity (Wildman–Crippen MR) is 87.2 cm³/mol. The first kappa shape index (κ1) is 18.8. The van der Waals surface area contributed by atoms with E-state index in [2.05, 4.69) is 18.6 Å². The van der Waals surface area contributed by atoms with Crippen LogP contribution in [-0.4, -0.2) is 63.9 Å². The van der Waals surface area contributed by atoms with Gasteiger partial charge < -0.3 is 10.6 Å². The molecule has 0 bridgehead atoms. The van der Waals surface area contributed by atoms with Crippen LogP contribution in [0.1, 0.15) is 33.1 Å². The zero-order valence-corrected chi connectivity index (χ0v) is 14.7. The third-order valence-corrected chi connectivity index (χ3v) is 5.45. The van der Waals surface area contributed by atoms with Gasteiger partial charge in [0, 0.05) is 25.7 Å². The summed E-state index contributed by atoms with van der Waals surface area (Å²) in [5.74, 6) is 0.739. The number of nitrogens with one attached hydrogen (secondary N) is 1. The molecular weight excluding hydrogens is 288 g/mol. The van der Waals surface area contributed by atoms with Crippen molar-refractivity contribution in [2.75, 3.05) is 40.3 Å². The molecule has 0 spiro atoms. The van der Waals surface area contributed by atoms with E-state index in [-0.39, 0.29) is 12.0 Å². The van der Waals surface area contributed by atoms with E-state index in [0.717, 1.165) is 19.3 Å². The van der Waals surface area contributed by atoms with E-state index in [4.69, 9.17) is 5.73 Å². The van der Waals surface area contributed by atoms with Crippen molar-refractivity contribution in [2.24, 2.45) is 17.6 Å². The Morgan fingerprint density at radius 2 is 2.05 bits per heavy atom. The summed E-state index contributed by atoms with van der Waals surface area (Å²) in [7, 11) is 0.515. The van der Waals surface area contributed by atoms with Gasteiger partial charge in [0.2, 0.25) is 0 Å². The van der Waals surface area contributed by atoms with Gasteiger partial charge in [-0.1, -0.05) is 13.8 Å². The smallest absolute Gasteiger partial charge is 0.279 e. The molecule has 2 unspecified atom stereocenters. The minimum atomic E-state index is -3.42. The second-order valence-corrected chi connectivity index (χ2v) is 8.52. The quantitative estimate of drug-likeness (QED) is 0.681. The van der Waals surface area contributed by atoms with Crippen molar-refractivity contribution in [2.45, 2.75) is 39.2 Å². The zero-order chi connectivity index (χ0) is 16.0. The Hall–Kier alpha value is -0.210. The van der Waals surface area contributed by atoms with Crippen LogP contribution in [0.5, 0.6) is 0 Å². The van der Waals surface area contributed by atoms with Gasteiger partial charge in [-0.25, -0.2) is 0 Å². The average molecular weight is 321 g/mol. The molecule has 0 aliphatic carbocycles. The fraction of sp³-hybridized carbons (Fsp3) is 1.00. The minimum absolute atomic E-state index is 0.0525. The summed E-state index contributed by atoms with van der Waals surface area (Å²) in [5, 5.41) is 0. The molecule has 0 radical (unpaired) electrons. The summed E-state index contributed by atoms with van der Waals surface area (Å²) in [4.78, 5) is 2.02. The molecule has 1 saturated heterocycles. The highest BCUT2D eigenvalue weighted by atomic mass is 32.2. The van der Waals surface area contributed by atoms with Crippen molar-refractivity contribution < 1.29 is 8.42 Å². The maximum atomic E-state index is 12.6. The highest BCUT2D eigenvalue weighted by molar-refractivity contribution is 7.87. The van der Waals surface area contributed by atoms with Crippen molar-refractivity contribution in [1.29, 1.82) is 0 Å². The van der Waals surface area contributed by atoms with Gasteiger partial charge in [-0.3, -0.25) is 0 Å². The van der Waals surface area contributed by atoms with Gasteiger partial charge in [0.05, 0.1) is 0 Å². The van der Waals surface area contributed by atoms with Gasteiger partial charge in [0.15, 0.2) is 0 Å². The molecule has 1 rings (SSSR count). The number of rotatable bonds is 8. The summed E-state index contributed by atoms with van der Waals surface area (Å²) >= 11 is 0. The van der Waals surface area contributed by atoms with Crippen LogP contribution in [0, 0.1) is 11.8 Å². The Bertz CT molecular complexity index is 388. The third-order valence-electron chi connectivity index (χ3n) is 3.81. The van der Waals surface area contributed by atoms with Gasteiger partial charge in [0.25, 0.3) is 10.2 Å². The van der Waals surface area contributed by atoms with E-state index in [1.807, 2.05) is 19.0 Å². The number of hydrogen-bond donors (Lipinski definition) is 2. The maximum absolute atomic E-state index is 12.6. The SMILES string of the molecule is CC(C)CC(CN(C)C)NS(=O)(=O)N1CCCC(CN)C1. The highest BCUT2D eigenvalue weighted by Gasteiger charge is 2.30. The lowest BCUT2D eigenvalue weighted by Crippen LogP contribution is -2.52. The van der Waals surface area contributed by atoms with E-state index in [1.165, 1.54) is 0 Å². The lowest BCUT2D eigenvalue weighted by atomic mass is 10.0. The second-order valence-electron chi connectivity index (χ2n) is 6.81. The van der Waals surface area contributed by atoms with Crippen LogP contribution in [0.2, 0.25) is 0 Å². The topological polar surface area (TPSA) is 78.7 Å². The van der Waals surface area contributed by atoms with Gasteiger partial charge in [-0.15, -0.1) is 0 Å². The molecule has 0 saturated carbocycles. The Balaban J connectivity index is 2.70. The van der Waals surface area contributed by atoms with E-state index >= 15 is 0 Å². The number of piperidine rings is 1. The normalized spacial score (nSPS) is 22.9.